The van der Waals surface area contributed by atoms with E-state index in [-0.39, 0.29) is 36.2 Å². The number of halogens is 1. The lowest BCUT2D eigenvalue weighted by Gasteiger charge is -2.35. The topological polar surface area (TPSA) is 75.4 Å². The fraction of sp³-hybridized carbons (Fsp3) is 0.875. The first-order valence-corrected chi connectivity index (χ1v) is 8.12. The molecule has 0 aromatic carbocycles. The number of nitrogens with one attached hydrogen (secondary N) is 1. The molecule has 1 fully saturated rings. The number of carbonyl (C=O) groups excluding carboxylic acids is 2. The smallest absolute Gasteiger partial charge is 0.227 e. The molecule has 1 aliphatic carbocycles. The van der Waals surface area contributed by atoms with Gasteiger partial charge in [0.2, 0.25) is 11.8 Å². The summed E-state index contributed by atoms with van der Waals surface area (Å²) >= 11 is 0. The molecular weight excluding hydrogens is 302 g/mol. The molecule has 2 amide bonds. The lowest BCUT2D eigenvalue weighted by atomic mass is 9.80. The van der Waals surface area contributed by atoms with E-state index in [9.17, 15) is 9.59 Å². The Morgan fingerprint density at radius 2 is 1.82 bits per heavy atom. The molecule has 6 heteroatoms. The highest BCUT2D eigenvalue weighted by Crippen LogP contribution is 2.29. The molecule has 0 saturated heterocycles. The van der Waals surface area contributed by atoms with Crippen LogP contribution in [0.15, 0.2) is 0 Å². The maximum atomic E-state index is 12.6. The van der Waals surface area contributed by atoms with Gasteiger partial charge in [0.05, 0.1) is 5.41 Å². The van der Waals surface area contributed by atoms with Gasteiger partial charge in [-0.1, -0.05) is 20.3 Å². The molecule has 5 nitrogen and oxygen atoms in total. The molecule has 0 heterocycles. The minimum absolute atomic E-state index is 0. The Labute approximate surface area is 140 Å². The Morgan fingerprint density at radius 1 is 1.23 bits per heavy atom. The summed E-state index contributed by atoms with van der Waals surface area (Å²) in [7, 11) is 3.58. The van der Waals surface area contributed by atoms with Crippen molar-refractivity contribution >= 4 is 24.2 Å². The number of nitrogens with two attached hydrogens (primary N) is 1. The van der Waals surface area contributed by atoms with Crippen LogP contribution in [-0.2, 0) is 9.59 Å². The summed E-state index contributed by atoms with van der Waals surface area (Å²) in [6.45, 7) is 4.39. The first kappa shape index (κ1) is 21.2. The van der Waals surface area contributed by atoms with Gasteiger partial charge in [0, 0.05) is 32.6 Å². The summed E-state index contributed by atoms with van der Waals surface area (Å²) < 4.78 is 0. The molecule has 1 aliphatic rings. The average molecular weight is 334 g/mol. The normalized spacial score (nSPS) is 21.7. The second kappa shape index (κ2) is 9.36. The first-order valence-electron chi connectivity index (χ1n) is 8.12. The van der Waals surface area contributed by atoms with E-state index in [1.165, 1.54) is 0 Å². The van der Waals surface area contributed by atoms with E-state index >= 15 is 0 Å². The second-order valence-corrected chi connectivity index (χ2v) is 6.46. The second-order valence-electron chi connectivity index (χ2n) is 6.46. The molecule has 22 heavy (non-hydrogen) atoms. The zero-order chi connectivity index (χ0) is 16.0. The van der Waals surface area contributed by atoms with E-state index in [0.717, 1.165) is 38.5 Å². The summed E-state index contributed by atoms with van der Waals surface area (Å²) in [6.07, 6.45) is 5.11. The van der Waals surface area contributed by atoms with Gasteiger partial charge in [-0.15, -0.1) is 12.4 Å². The Kier molecular flexibility index (Phi) is 9.01. The van der Waals surface area contributed by atoms with Crippen LogP contribution in [0.3, 0.4) is 0 Å². The van der Waals surface area contributed by atoms with Crippen LogP contribution in [0.25, 0.3) is 0 Å². The van der Waals surface area contributed by atoms with Crippen LogP contribution in [0.4, 0.5) is 0 Å². The van der Waals surface area contributed by atoms with E-state index in [0.29, 0.717) is 6.54 Å². The van der Waals surface area contributed by atoms with E-state index < -0.39 is 5.41 Å². The van der Waals surface area contributed by atoms with Crippen LogP contribution >= 0.6 is 12.4 Å². The number of carbonyl (C=O) groups is 2. The van der Waals surface area contributed by atoms with Gasteiger partial charge in [-0.2, -0.15) is 0 Å². The van der Waals surface area contributed by atoms with E-state index in [1.54, 1.807) is 19.0 Å². The molecule has 2 atom stereocenters. The number of amides is 2. The molecule has 3 N–H and O–H groups in total. The Hall–Kier alpha value is -0.810. The number of hydrogen-bond donors (Lipinski definition) is 2. The minimum atomic E-state index is -0.460. The number of nitrogens with zero attached hydrogens (tertiary/aromatic N) is 1. The van der Waals surface area contributed by atoms with Crippen LogP contribution in [0.5, 0.6) is 0 Å². The van der Waals surface area contributed by atoms with Gasteiger partial charge >= 0.3 is 0 Å². The summed E-state index contributed by atoms with van der Waals surface area (Å²) in [5.74, 6) is 0.262. The zero-order valence-corrected chi connectivity index (χ0v) is 15.2. The van der Waals surface area contributed by atoms with Gasteiger partial charge in [-0.05, 0) is 32.1 Å². The van der Waals surface area contributed by atoms with Crippen molar-refractivity contribution in [2.75, 3.05) is 20.6 Å². The quantitative estimate of drug-likeness (QED) is 0.780. The highest BCUT2D eigenvalue weighted by Gasteiger charge is 2.36. The fourth-order valence-electron chi connectivity index (χ4n) is 3.20. The Morgan fingerprint density at radius 3 is 2.27 bits per heavy atom. The van der Waals surface area contributed by atoms with Crippen molar-refractivity contribution in [1.82, 2.24) is 10.2 Å². The standard InChI is InChI=1S/C16H31N3O2.ClH/c1-5-16(6-2,11-17)15(21)18-13-9-7-8-12(10-13)14(20)19(3)4;/h12-13H,5-11,17H2,1-4H3,(H,18,21);1H. The van der Waals surface area contributed by atoms with Crippen LogP contribution in [-0.4, -0.2) is 43.4 Å². The van der Waals surface area contributed by atoms with Crippen molar-refractivity contribution in [2.45, 2.75) is 58.4 Å². The molecule has 1 saturated carbocycles. The molecule has 0 radical (unpaired) electrons. The number of hydrogen-bond acceptors (Lipinski definition) is 3. The van der Waals surface area contributed by atoms with Crippen molar-refractivity contribution in [3.8, 4) is 0 Å². The third-order valence-corrected chi connectivity index (χ3v) is 5.03. The van der Waals surface area contributed by atoms with Crippen LogP contribution in [0, 0.1) is 11.3 Å². The van der Waals surface area contributed by atoms with Gasteiger partial charge in [-0.25, -0.2) is 0 Å². The lowest BCUT2D eigenvalue weighted by molar-refractivity contribution is -0.136. The first-order chi connectivity index (χ1) is 9.90. The van der Waals surface area contributed by atoms with Crippen LogP contribution in [0.2, 0.25) is 0 Å². The highest BCUT2D eigenvalue weighted by atomic mass is 35.5. The van der Waals surface area contributed by atoms with Crippen molar-refractivity contribution in [2.24, 2.45) is 17.1 Å². The number of rotatable bonds is 6. The van der Waals surface area contributed by atoms with Crippen molar-refractivity contribution < 1.29 is 9.59 Å². The highest BCUT2D eigenvalue weighted by molar-refractivity contribution is 5.85. The van der Waals surface area contributed by atoms with E-state index in [2.05, 4.69) is 5.32 Å². The molecule has 1 rings (SSSR count). The average Bonchev–Trinajstić information content (AvgIpc) is 2.49. The summed E-state index contributed by atoms with van der Waals surface area (Å²) in [4.78, 5) is 26.3. The summed E-state index contributed by atoms with van der Waals surface area (Å²) in [5, 5.41) is 3.15. The third kappa shape index (κ3) is 4.85. The Bertz CT molecular complexity index is 362. The zero-order valence-electron chi connectivity index (χ0n) is 14.4. The summed E-state index contributed by atoms with van der Waals surface area (Å²) in [6, 6.07) is 0.101. The maximum absolute atomic E-state index is 12.6. The molecule has 0 aliphatic heterocycles. The summed E-state index contributed by atoms with van der Waals surface area (Å²) in [5.41, 5.74) is 5.37. The third-order valence-electron chi connectivity index (χ3n) is 5.03. The van der Waals surface area contributed by atoms with Crippen molar-refractivity contribution in [3.63, 3.8) is 0 Å². The molecule has 0 bridgehead atoms. The fourth-order valence-corrected chi connectivity index (χ4v) is 3.20. The maximum Gasteiger partial charge on any atom is 0.227 e. The van der Waals surface area contributed by atoms with Crippen LogP contribution in [0.1, 0.15) is 52.4 Å². The van der Waals surface area contributed by atoms with Gasteiger partial charge in [0.1, 0.15) is 0 Å². The predicted molar refractivity (Wildman–Crippen MR) is 91.9 cm³/mol. The van der Waals surface area contributed by atoms with E-state index in [1.807, 2.05) is 13.8 Å². The SMILES string of the molecule is CCC(CC)(CN)C(=O)NC1CCCC(C(=O)N(C)C)C1.Cl. The molecule has 2 unspecified atom stereocenters. The molecule has 0 aromatic rings. The molecule has 130 valence electrons. The molecule has 0 aromatic heterocycles. The molecule has 0 spiro atoms. The largest absolute Gasteiger partial charge is 0.353 e. The van der Waals surface area contributed by atoms with Gasteiger partial charge in [0.15, 0.2) is 0 Å². The lowest BCUT2D eigenvalue weighted by Crippen LogP contribution is -2.50. The molecular formula is C16H32ClN3O2. The van der Waals surface area contributed by atoms with E-state index in [4.69, 9.17) is 5.73 Å². The predicted octanol–water partition coefficient (Wildman–Crippen LogP) is 1.94. The monoisotopic (exact) mass is 333 g/mol. The van der Waals surface area contributed by atoms with Gasteiger partial charge in [0.25, 0.3) is 0 Å². The Balaban J connectivity index is 0.00000441. The van der Waals surface area contributed by atoms with Crippen molar-refractivity contribution in [3.05, 3.63) is 0 Å². The van der Waals surface area contributed by atoms with Gasteiger partial charge in [-0.3, -0.25) is 9.59 Å². The van der Waals surface area contributed by atoms with Crippen LogP contribution < -0.4 is 11.1 Å². The minimum Gasteiger partial charge on any atom is -0.353 e. The van der Waals surface area contributed by atoms with Crippen molar-refractivity contribution in [1.29, 1.82) is 0 Å². The van der Waals surface area contributed by atoms with Gasteiger partial charge < -0.3 is 16.0 Å².